The van der Waals surface area contributed by atoms with Gasteiger partial charge in [-0.25, -0.2) is 4.79 Å². The van der Waals surface area contributed by atoms with Gasteiger partial charge in [0.1, 0.15) is 0 Å². The Morgan fingerprint density at radius 3 is 2.24 bits per heavy atom. The molecule has 1 aromatic carbocycles. The molecule has 1 N–H and O–H groups in total. The fourth-order valence-corrected chi connectivity index (χ4v) is 1.74. The summed E-state index contributed by atoms with van der Waals surface area (Å²) in [6.45, 7) is 6.12. The van der Waals surface area contributed by atoms with Crippen molar-refractivity contribution in [3.8, 4) is 0 Å². The van der Waals surface area contributed by atoms with Crippen molar-refractivity contribution >= 4 is 30.4 Å². The molecular weight excluding hydrogens is 234 g/mol. The number of rotatable bonds is 5. The van der Waals surface area contributed by atoms with Crippen LogP contribution in [-0.2, 0) is 4.79 Å². The Labute approximate surface area is 107 Å². The Morgan fingerprint density at radius 1 is 1.29 bits per heavy atom. The molecule has 0 aliphatic carbocycles. The second kappa shape index (κ2) is 6.35. The fraction of sp³-hybridized carbons (Fsp3) is 0.308. The first-order valence-corrected chi connectivity index (χ1v) is 6.02. The van der Waals surface area contributed by atoms with Crippen LogP contribution in [0.25, 0.3) is 6.08 Å². The standard InChI is InChI=1S/C13H17NO2S/c1-3-14(4-2)11-7-5-10(6-8-11)9-12(17)13(15)16/h5-9,17H,3-4H2,1-2H3,(H,15,16). The first-order valence-electron chi connectivity index (χ1n) is 5.57. The zero-order chi connectivity index (χ0) is 12.8. The zero-order valence-electron chi connectivity index (χ0n) is 10.1. The largest absolute Gasteiger partial charge is 0.477 e. The molecule has 0 atom stereocenters. The van der Waals surface area contributed by atoms with Gasteiger partial charge >= 0.3 is 5.97 Å². The summed E-state index contributed by atoms with van der Waals surface area (Å²) in [5.41, 5.74) is 1.98. The molecule has 0 aliphatic rings. The Balaban J connectivity index is 2.88. The quantitative estimate of drug-likeness (QED) is 0.624. The van der Waals surface area contributed by atoms with E-state index in [0.717, 1.165) is 24.3 Å². The van der Waals surface area contributed by atoms with E-state index >= 15 is 0 Å². The van der Waals surface area contributed by atoms with Gasteiger partial charge in [0.25, 0.3) is 0 Å². The lowest BCUT2D eigenvalue weighted by Gasteiger charge is -2.20. The molecule has 0 fully saturated rings. The predicted molar refractivity (Wildman–Crippen MR) is 74.6 cm³/mol. The third kappa shape index (κ3) is 3.82. The van der Waals surface area contributed by atoms with Crippen LogP contribution < -0.4 is 4.90 Å². The van der Waals surface area contributed by atoms with E-state index in [4.69, 9.17) is 5.11 Å². The van der Waals surface area contributed by atoms with Gasteiger partial charge < -0.3 is 10.0 Å². The molecule has 0 saturated carbocycles. The van der Waals surface area contributed by atoms with E-state index in [9.17, 15) is 4.79 Å². The maximum atomic E-state index is 10.6. The van der Waals surface area contributed by atoms with Crippen molar-refractivity contribution in [1.29, 1.82) is 0 Å². The Bertz CT molecular complexity index is 408. The highest BCUT2D eigenvalue weighted by atomic mass is 32.1. The fourth-order valence-electron chi connectivity index (χ4n) is 1.59. The molecule has 0 bridgehead atoms. The number of carboxylic acid groups (broad SMARTS) is 1. The summed E-state index contributed by atoms with van der Waals surface area (Å²) in [6, 6.07) is 7.77. The van der Waals surface area contributed by atoms with E-state index in [1.165, 1.54) is 6.08 Å². The van der Waals surface area contributed by atoms with E-state index in [1.807, 2.05) is 24.3 Å². The first kappa shape index (κ1) is 13.6. The van der Waals surface area contributed by atoms with Crippen LogP contribution in [0.1, 0.15) is 19.4 Å². The van der Waals surface area contributed by atoms with Crippen LogP contribution >= 0.6 is 12.6 Å². The molecular formula is C13H17NO2S. The van der Waals surface area contributed by atoms with Crippen molar-refractivity contribution in [3.05, 3.63) is 34.7 Å². The van der Waals surface area contributed by atoms with Gasteiger partial charge in [0, 0.05) is 18.8 Å². The molecule has 0 radical (unpaired) electrons. The Hall–Kier alpha value is -1.42. The molecule has 17 heavy (non-hydrogen) atoms. The highest BCUT2D eigenvalue weighted by molar-refractivity contribution is 7.85. The lowest BCUT2D eigenvalue weighted by molar-refractivity contribution is -0.131. The third-order valence-electron chi connectivity index (χ3n) is 2.54. The minimum absolute atomic E-state index is 0.0422. The second-order valence-electron chi connectivity index (χ2n) is 3.60. The molecule has 4 heteroatoms. The number of nitrogens with zero attached hydrogens (tertiary/aromatic N) is 1. The normalized spacial score (nSPS) is 11.4. The smallest absolute Gasteiger partial charge is 0.341 e. The summed E-state index contributed by atoms with van der Waals surface area (Å²) in [7, 11) is 0. The van der Waals surface area contributed by atoms with Crippen molar-refractivity contribution in [2.24, 2.45) is 0 Å². The van der Waals surface area contributed by atoms with E-state index in [1.54, 1.807) is 0 Å². The van der Waals surface area contributed by atoms with Gasteiger partial charge in [0.2, 0.25) is 0 Å². The maximum absolute atomic E-state index is 10.6. The summed E-state index contributed by atoms with van der Waals surface area (Å²) >= 11 is 3.89. The SMILES string of the molecule is CCN(CC)c1ccc(C=C(S)C(=O)O)cc1. The molecule has 0 aliphatic heterocycles. The van der Waals surface area contributed by atoms with Crippen LogP contribution in [0.4, 0.5) is 5.69 Å². The van der Waals surface area contributed by atoms with Crippen molar-refractivity contribution in [2.45, 2.75) is 13.8 Å². The highest BCUT2D eigenvalue weighted by Gasteiger charge is 2.03. The van der Waals surface area contributed by atoms with Crippen LogP contribution in [0.2, 0.25) is 0 Å². The maximum Gasteiger partial charge on any atom is 0.341 e. The van der Waals surface area contributed by atoms with Crippen LogP contribution in [-0.4, -0.2) is 24.2 Å². The number of benzene rings is 1. The molecule has 92 valence electrons. The summed E-state index contributed by atoms with van der Waals surface area (Å²) in [4.78, 5) is 12.9. The molecule has 0 heterocycles. The number of hydrogen-bond donors (Lipinski definition) is 2. The Kier molecular flexibility index (Phi) is 5.10. The number of aliphatic carboxylic acids is 1. The minimum atomic E-state index is -1.01. The lowest BCUT2D eigenvalue weighted by Crippen LogP contribution is -2.21. The topological polar surface area (TPSA) is 40.5 Å². The van der Waals surface area contributed by atoms with Crippen molar-refractivity contribution in [3.63, 3.8) is 0 Å². The molecule has 0 spiro atoms. The van der Waals surface area contributed by atoms with Crippen LogP contribution in [0, 0.1) is 0 Å². The van der Waals surface area contributed by atoms with E-state index in [2.05, 4.69) is 31.4 Å². The summed E-state index contributed by atoms with van der Waals surface area (Å²) in [6.07, 6.45) is 1.54. The number of anilines is 1. The van der Waals surface area contributed by atoms with Gasteiger partial charge in [0.05, 0.1) is 4.91 Å². The van der Waals surface area contributed by atoms with E-state index in [-0.39, 0.29) is 4.91 Å². The molecule has 1 aromatic rings. The number of thiol groups is 1. The summed E-state index contributed by atoms with van der Waals surface area (Å²) < 4.78 is 0. The lowest BCUT2D eigenvalue weighted by atomic mass is 10.2. The predicted octanol–water partition coefficient (Wildman–Crippen LogP) is 2.89. The Morgan fingerprint density at radius 2 is 1.82 bits per heavy atom. The number of carbonyl (C=O) groups is 1. The van der Waals surface area contributed by atoms with Gasteiger partial charge in [-0.3, -0.25) is 0 Å². The van der Waals surface area contributed by atoms with E-state index < -0.39 is 5.97 Å². The molecule has 3 nitrogen and oxygen atoms in total. The molecule has 1 rings (SSSR count). The van der Waals surface area contributed by atoms with Crippen molar-refractivity contribution in [1.82, 2.24) is 0 Å². The van der Waals surface area contributed by atoms with Gasteiger partial charge in [-0.2, -0.15) is 0 Å². The average molecular weight is 251 g/mol. The molecule has 0 unspecified atom stereocenters. The van der Waals surface area contributed by atoms with Gasteiger partial charge in [-0.05, 0) is 37.6 Å². The average Bonchev–Trinajstić information content (AvgIpc) is 2.32. The van der Waals surface area contributed by atoms with Gasteiger partial charge in [-0.1, -0.05) is 12.1 Å². The summed E-state index contributed by atoms with van der Waals surface area (Å²) in [5.74, 6) is -1.01. The van der Waals surface area contributed by atoms with E-state index in [0.29, 0.717) is 0 Å². The monoisotopic (exact) mass is 251 g/mol. The third-order valence-corrected chi connectivity index (χ3v) is 2.86. The zero-order valence-corrected chi connectivity index (χ0v) is 10.9. The van der Waals surface area contributed by atoms with Gasteiger partial charge in [0.15, 0.2) is 0 Å². The molecule has 0 amide bonds. The minimum Gasteiger partial charge on any atom is -0.477 e. The summed E-state index contributed by atoms with van der Waals surface area (Å²) in [5, 5.41) is 8.71. The number of carboxylic acids is 1. The van der Waals surface area contributed by atoms with Crippen LogP contribution in [0.15, 0.2) is 29.2 Å². The van der Waals surface area contributed by atoms with Gasteiger partial charge in [-0.15, -0.1) is 12.6 Å². The second-order valence-corrected chi connectivity index (χ2v) is 4.08. The highest BCUT2D eigenvalue weighted by Crippen LogP contribution is 2.17. The molecule has 0 aromatic heterocycles. The first-order chi connectivity index (χ1) is 8.08. The van der Waals surface area contributed by atoms with Crippen molar-refractivity contribution in [2.75, 3.05) is 18.0 Å². The van der Waals surface area contributed by atoms with Crippen molar-refractivity contribution < 1.29 is 9.90 Å². The van der Waals surface area contributed by atoms with Crippen LogP contribution in [0.5, 0.6) is 0 Å². The molecule has 0 saturated heterocycles. The number of hydrogen-bond acceptors (Lipinski definition) is 3. The van der Waals surface area contributed by atoms with Crippen LogP contribution in [0.3, 0.4) is 0 Å².